The maximum atomic E-state index is 11.5. The summed E-state index contributed by atoms with van der Waals surface area (Å²) < 4.78 is 1.90. The molecule has 1 aromatic carbocycles. The van der Waals surface area contributed by atoms with Crippen molar-refractivity contribution in [3.63, 3.8) is 0 Å². The summed E-state index contributed by atoms with van der Waals surface area (Å²) in [5.74, 6) is 0.103. The van der Waals surface area contributed by atoms with E-state index in [4.69, 9.17) is 0 Å². The number of carbonyl (C=O) groups is 2. The van der Waals surface area contributed by atoms with Gasteiger partial charge in [0.1, 0.15) is 0 Å². The van der Waals surface area contributed by atoms with Crippen LogP contribution in [0.4, 0.5) is 0 Å². The molecule has 22 heavy (non-hydrogen) atoms. The van der Waals surface area contributed by atoms with Gasteiger partial charge in [-0.25, -0.2) is 0 Å². The Morgan fingerprint density at radius 2 is 1.77 bits per heavy atom. The molecule has 0 aliphatic rings. The lowest BCUT2D eigenvalue weighted by molar-refractivity contribution is -0.121. The molecular formula is C18H22N2O2. The summed E-state index contributed by atoms with van der Waals surface area (Å²) in [5.41, 5.74) is 3.81. The second kappa shape index (κ2) is 6.60. The monoisotopic (exact) mass is 298 g/mol. The van der Waals surface area contributed by atoms with Gasteiger partial charge >= 0.3 is 0 Å². The smallest absolute Gasteiger partial charge is 0.220 e. The summed E-state index contributed by atoms with van der Waals surface area (Å²) in [6.07, 6.45) is 0.486. The molecule has 4 heteroatoms. The number of ketones is 1. The van der Waals surface area contributed by atoms with Crippen molar-refractivity contribution in [1.29, 1.82) is 0 Å². The molecule has 2 aromatic rings. The molecule has 1 amide bonds. The van der Waals surface area contributed by atoms with E-state index < -0.39 is 0 Å². The van der Waals surface area contributed by atoms with Crippen LogP contribution in [-0.4, -0.2) is 16.3 Å². The van der Waals surface area contributed by atoms with Crippen LogP contribution in [0.5, 0.6) is 0 Å². The van der Waals surface area contributed by atoms with E-state index >= 15 is 0 Å². The van der Waals surface area contributed by atoms with Crippen molar-refractivity contribution >= 4 is 11.7 Å². The van der Waals surface area contributed by atoms with Crippen LogP contribution in [0.15, 0.2) is 36.4 Å². The number of carbonyl (C=O) groups excluding carboxylic acids is 2. The van der Waals surface area contributed by atoms with Crippen molar-refractivity contribution < 1.29 is 9.59 Å². The number of hydrogen-bond donors (Lipinski definition) is 1. The SMILES string of the molecule is CCC(=O)NC(C)c1ccc(-c2ccc(C(C)=O)n2C)cc1. The lowest BCUT2D eigenvalue weighted by Gasteiger charge is -2.14. The minimum atomic E-state index is -0.0114. The first-order chi connectivity index (χ1) is 10.4. The van der Waals surface area contributed by atoms with Crippen LogP contribution in [0.2, 0.25) is 0 Å². The summed E-state index contributed by atoms with van der Waals surface area (Å²) in [7, 11) is 1.89. The van der Waals surface area contributed by atoms with Gasteiger partial charge in [-0.05, 0) is 30.2 Å². The second-order valence-electron chi connectivity index (χ2n) is 5.48. The highest BCUT2D eigenvalue weighted by Gasteiger charge is 2.11. The second-order valence-corrected chi connectivity index (χ2v) is 5.48. The van der Waals surface area contributed by atoms with Gasteiger partial charge in [0.2, 0.25) is 5.91 Å². The van der Waals surface area contributed by atoms with Gasteiger partial charge in [0.15, 0.2) is 5.78 Å². The summed E-state index contributed by atoms with van der Waals surface area (Å²) in [6, 6.07) is 11.8. The third kappa shape index (κ3) is 3.27. The van der Waals surface area contributed by atoms with Gasteiger partial charge < -0.3 is 9.88 Å². The average molecular weight is 298 g/mol. The van der Waals surface area contributed by atoms with E-state index in [-0.39, 0.29) is 17.7 Å². The van der Waals surface area contributed by atoms with Crippen molar-refractivity contribution in [3.8, 4) is 11.3 Å². The topological polar surface area (TPSA) is 51.1 Å². The Bertz CT molecular complexity index is 684. The third-order valence-corrected chi connectivity index (χ3v) is 3.89. The summed E-state index contributed by atoms with van der Waals surface area (Å²) in [5, 5.41) is 2.95. The highest BCUT2D eigenvalue weighted by molar-refractivity contribution is 5.93. The molecule has 1 heterocycles. The van der Waals surface area contributed by atoms with Gasteiger partial charge in [0, 0.05) is 26.1 Å². The van der Waals surface area contributed by atoms with Gasteiger partial charge in [-0.3, -0.25) is 9.59 Å². The quantitative estimate of drug-likeness (QED) is 0.859. The van der Waals surface area contributed by atoms with Crippen LogP contribution in [-0.2, 0) is 11.8 Å². The van der Waals surface area contributed by atoms with E-state index in [1.807, 2.05) is 61.9 Å². The number of amides is 1. The molecule has 0 fully saturated rings. The van der Waals surface area contributed by atoms with Gasteiger partial charge in [-0.15, -0.1) is 0 Å². The van der Waals surface area contributed by atoms with Crippen LogP contribution < -0.4 is 5.32 Å². The molecule has 0 aliphatic carbocycles. The zero-order chi connectivity index (χ0) is 16.3. The maximum Gasteiger partial charge on any atom is 0.220 e. The average Bonchev–Trinajstić information content (AvgIpc) is 2.89. The molecule has 2 rings (SSSR count). The molecule has 0 aliphatic heterocycles. The first-order valence-electron chi connectivity index (χ1n) is 7.50. The number of nitrogens with zero attached hydrogens (tertiary/aromatic N) is 1. The highest BCUT2D eigenvalue weighted by Crippen LogP contribution is 2.24. The van der Waals surface area contributed by atoms with Gasteiger partial charge in [0.25, 0.3) is 0 Å². The largest absolute Gasteiger partial charge is 0.350 e. The Hall–Kier alpha value is -2.36. The molecule has 1 unspecified atom stereocenters. The van der Waals surface area contributed by atoms with Crippen LogP contribution in [0.25, 0.3) is 11.3 Å². The summed E-state index contributed by atoms with van der Waals surface area (Å²) in [4.78, 5) is 23.0. The number of benzene rings is 1. The Morgan fingerprint density at radius 1 is 1.14 bits per heavy atom. The van der Waals surface area contributed by atoms with E-state index in [9.17, 15) is 9.59 Å². The van der Waals surface area contributed by atoms with E-state index in [0.29, 0.717) is 12.1 Å². The molecule has 1 N–H and O–H groups in total. The first-order valence-corrected chi connectivity index (χ1v) is 7.50. The van der Waals surface area contributed by atoms with Crippen LogP contribution >= 0.6 is 0 Å². The lowest BCUT2D eigenvalue weighted by atomic mass is 10.0. The van der Waals surface area contributed by atoms with Crippen molar-refractivity contribution in [2.75, 3.05) is 0 Å². The molecule has 0 saturated heterocycles. The van der Waals surface area contributed by atoms with E-state index in [1.54, 1.807) is 6.92 Å². The standard InChI is InChI=1S/C18H22N2O2/c1-5-18(22)19-12(2)14-6-8-15(9-7-14)17-11-10-16(13(3)21)20(17)4/h6-12H,5H2,1-4H3,(H,19,22). The fourth-order valence-corrected chi connectivity index (χ4v) is 2.52. The summed E-state index contributed by atoms with van der Waals surface area (Å²) in [6.45, 7) is 5.38. The minimum Gasteiger partial charge on any atom is -0.350 e. The third-order valence-electron chi connectivity index (χ3n) is 3.89. The Morgan fingerprint density at radius 3 is 2.27 bits per heavy atom. The number of nitrogens with one attached hydrogen (secondary N) is 1. The number of aromatic nitrogens is 1. The maximum absolute atomic E-state index is 11.5. The molecule has 1 aromatic heterocycles. The minimum absolute atomic E-state index is 0.0114. The first kappa shape index (κ1) is 16.0. The molecular weight excluding hydrogens is 276 g/mol. The van der Waals surface area contributed by atoms with Gasteiger partial charge in [-0.2, -0.15) is 0 Å². The van der Waals surface area contributed by atoms with E-state index in [2.05, 4.69) is 5.32 Å². The normalized spacial score (nSPS) is 12.0. The van der Waals surface area contributed by atoms with Crippen LogP contribution in [0.1, 0.15) is 49.3 Å². The van der Waals surface area contributed by atoms with E-state index in [0.717, 1.165) is 16.8 Å². The summed E-state index contributed by atoms with van der Waals surface area (Å²) >= 11 is 0. The molecule has 0 radical (unpaired) electrons. The lowest BCUT2D eigenvalue weighted by Crippen LogP contribution is -2.25. The predicted molar refractivity (Wildman–Crippen MR) is 87.7 cm³/mol. The zero-order valence-electron chi connectivity index (χ0n) is 13.5. The number of rotatable bonds is 5. The Balaban J connectivity index is 2.22. The van der Waals surface area contributed by atoms with Crippen molar-refractivity contribution in [2.45, 2.75) is 33.2 Å². The Kier molecular flexibility index (Phi) is 4.81. The van der Waals surface area contributed by atoms with Crippen LogP contribution in [0.3, 0.4) is 0 Å². The van der Waals surface area contributed by atoms with Gasteiger partial charge in [0.05, 0.1) is 11.7 Å². The van der Waals surface area contributed by atoms with Crippen LogP contribution in [0, 0.1) is 0 Å². The number of hydrogen-bond acceptors (Lipinski definition) is 2. The van der Waals surface area contributed by atoms with Crippen molar-refractivity contribution in [2.24, 2.45) is 7.05 Å². The van der Waals surface area contributed by atoms with Gasteiger partial charge in [-0.1, -0.05) is 31.2 Å². The number of Topliss-reactive ketones (excluding diaryl/α,β-unsaturated/α-hetero) is 1. The Labute approximate surface area is 131 Å². The van der Waals surface area contributed by atoms with Crippen molar-refractivity contribution in [3.05, 3.63) is 47.7 Å². The predicted octanol–water partition coefficient (Wildman–Crippen LogP) is 3.48. The molecule has 0 bridgehead atoms. The van der Waals surface area contributed by atoms with Crippen molar-refractivity contribution in [1.82, 2.24) is 9.88 Å². The zero-order valence-corrected chi connectivity index (χ0v) is 13.5. The van der Waals surface area contributed by atoms with E-state index in [1.165, 1.54) is 0 Å². The molecule has 0 spiro atoms. The fourth-order valence-electron chi connectivity index (χ4n) is 2.52. The highest BCUT2D eigenvalue weighted by atomic mass is 16.1. The molecule has 4 nitrogen and oxygen atoms in total. The molecule has 116 valence electrons. The molecule has 0 saturated carbocycles. The molecule has 1 atom stereocenters. The fraction of sp³-hybridized carbons (Fsp3) is 0.333.